The summed E-state index contributed by atoms with van der Waals surface area (Å²) in [4.78, 5) is 31.0. The molecular formula is C13H12N6OS. The summed E-state index contributed by atoms with van der Waals surface area (Å²) in [5.41, 5.74) is 2.13. The van der Waals surface area contributed by atoms with Crippen LogP contribution in [0.2, 0.25) is 0 Å². The molecule has 0 saturated heterocycles. The second kappa shape index (κ2) is 6.23. The van der Waals surface area contributed by atoms with Gasteiger partial charge in [0.05, 0.1) is 24.4 Å². The average Bonchev–Trinajstić information content (AvgIpc) is 3.20. The van der Waals surface area contributed by atoms with Crippen molar-refractivity contribution in [3.05, 3.63) is 47.9 Å². The Kier molecular flexibility index (Phi) is 3.97. The zero-order valence-corrected chi connectivity index (χ0v) is 11.8. The van der Waals surface area contributed by atoms with Crippen LogP contribution in [0, 0.1) is 0 Å². The summed E-state index contributed by atoms with van der Waals surface area (Å²) in [6.45, 7) is 0.515. The van der Waals surface area contributed by atoms with Crippen LogP contribution in [0.3, 0.4) is 0 Å². The van der Waals surface area contributed by atoms with Crippen molar-refractivity contribution in [3.63, 3.8) is 0 Å². The van der Waals surface area contributed by atoms with E-state index in [9.17, 15) is 4.79 Å². The summed E-state index contributed by atoms with van der Waals surface area (Å²) in [5.74, 6) is -0.170. The monoisotopic (exact) mass is 300 g/mol. The maximum Gasteiger partial charge on any atom is 0.269 e. The molecule has 0 radical (unpaired) electrons. The third kappa shape index (κ3) is 3.29. The fourth-order valence-electron chi connectivity index (χ4n) is 1.73. The molecule has 3 aromatic rings. The lowest BCUT2D eigenvalue weighted by atomic mass is 10.3. The van der Waals surface area contributed by atoms with Gasteiger partial charge in [-0.05, 0) is 0 Å². The first-order valence-corrected chi connectivity index (χ1v) is 7.18. The lowest BCUT2D eigenvalue weighted by molar-refractivity contribution is 0.0949. The molecule has 0 unspecified atom stereocenters. The highest BCUT2D eigenvalue weighted by Gasteiger charge is 2.08. The van der Waals surface area contributed by atoms with E-state index in [1.165, 1.54) is 23.9 Å². The molecule has 3 aromatic heterocycles. The third-order valence-corrected chi connectivity index (χ3v) is 3.66. The van der Waals surface area contributed by atoms with Crippen LogP contribution in [0.1, 0.15) is 16.2 Å². The highest BCUT2D eigenvalue weighted by molar-refractivity contribution is 7.13. The smallest absolute Gasteiger partial charge is 0.269 e. The standard InChI is InChI=1S/C13H12N6OS/c20-12(10-5-15-8-18-10)17-2-1-9-7-21-13(19-9)11-6-14-3-4-16-11/h3-8H,1-2H2,(H,15,18)(H,17,20). The van der Waals surface area contributed by atoms with Gasteiger partial charge in [0, 0.05) is 30.7 Å². The molecule has 0 atom stereocenters. The Bertz CT molecular complexity index is 709. The summed E-state index contributed by atoms with van der Waals surface area (Å²) in [5, 5.41) is 5.61. The van der Waals surface area contributed by atoms with Gasteiger partial charge in [0.1, 0.15) is 16.4 Å². The predicted octanol–water partition coefficient (Wildman–Crippen LogP) is 1.30. The van der Waals surface area contributed by atoms with E-state index in [1.807, 2.05) is 5.38 Å². The van der Waals surface area contributed by atoms with E-state index in [0.29, 0.717) is 18.7 Å². The molecule has 0 spiro atoms. The Labute approximate surface area is 124 Å². The predicted molar refractivity (Wildman–Crippen MR) is 77.8 cm³/mol. The molecule has 2 N–H and O–H groups in total. The number of carbonyl (C=O) groups excluding carboxylic acids is 1. The van der Waals surface area contributed by atoms with Gasteiger partial charge >= 0.3 is 0 Å². The SMILES string of the molecule is O=C(NCCc1csc(-c2cnccn2)n1)c1cnc[nH]1. The Morgan fingerprint density at radius 1 is 1.29 bits per heavy atom. The van der Waals surface area contributed by atoms with Crippen molar-refractivity contribution < 1.29 is 4.79 Å². The molecule has 0 aliphatic heterocycles. The highest BCUT2D eigenvalue weighted by Crippen LogP contribution is 2.20. The van der Waals surface area contributed by atoms with Gasteiger partial charge in [0.25, 0.3) is 5.91 Å². The third-order valence-electron chi connectivity index (χ3n) is 2.74. The molecule has 7 nitrogen and oxygen atoms in total. The number of thiazole rings is 1. The van der Waals surface area contributed by atoms with E-state index in [4.69, 9.17) is 0 Å². The quantitative estimate of drug-likeness (QED) is 0.740. The molecule has 0 saturated carbocycles. The molecule has 3 rings (SSSR count). The number of H-pyrrole nitrogens is 1. The summed E-state index contributed by atoms with van der Waals surface area (Å²) >= 11 is 1.52. The van der Waals surface area contributed by atoms with Gasteiger partial charge in [-0.25, -0.2) is 9.97 Å². The van der Waals surface area contributed by atoms with Crippen LogP contribution in [-0.2, 0) is 6.42 Å². The number of hydrogen-bond acceptors (Lipinski definition) is 6. The van der Waals surface area contributed by atoms with Crippen LogP contribution in [0.15, 0.2) is 36.5 Å². The number of imidazole rings is 1. The largest absolute Gasteiger partial charge is 0.350 e. The fraction of sp³-hybridized carbons (Fsp3) is 0.154. The topological polar surface area (TPSA) is 96.5 Å². The van der Waals surface area contributed by atoms with Gasteiger partial charge in [0.15, 0.2) is 0 Å². The number of nitrogens with one attached hydrogen (secondary N) is 2. The number of hydrogen-bond donors (Lipinski definition) is 2. The highest BCUT2D eigenvalue weighted by atomic mass is 32.1. The van der Waals surface area contributed by atoms with Crippen molar-refractivity contribution in [2.24, 2.45) is 0 Å². The second-order valence-corrected chi connectivity index (χ2v) is 5.06. The Balaban J connectivity index is 1.55. The zero-order valence-electron chi connectivity index (χ0n) is 11.0. The first kappa shape index (κ1) is 13.4. The van der Waals surface area contributed by atoms with Gasteiger partial charge in [-0.3, -0.25) is 14.8 Å². The number of amides is 1. The Morgan fingerprint density at radius 3 is 3.00 bits per heavy atom. The molecule has 0 aromatic carbocycles. The first-order valence-electron chi connectivity index (χ1n) is 6.30. The van der Waals surface area contributed by atoms with Gasteiger partial charge in [-0.15, -0.1) is 11.3 Å². The van der Waals surface area contributed by atoms with Crippen LogP contribution in [0.5, 0.6) is 0 Å². The normalized spacial score (nSPS) is 10.5. The summed E-state index contributed by atoms with van der Waals surface area (Å²) in [7, 11) is 0. The minimum Gasteiger partial charge on any atom is -0.350 e. The van der Waals surface area contributed by atoms with Crippen molar-refractivity contribution >= 4 is 17.2 Å². The van der Waals surface area contributed by atoms with Crippen LogP contribution < -0.4 is 5.32 Å². The molecule has 0 aliphatic rings. The number of aromatic nitrogens is 5. The summed E-state index contributed by atoms with van der Waals surface area (Å²) in [6.07, 6.45) is 8.58. The van der Waals surface area contributed by atoms with E-state index in [0.717, 1.165) is 16.4 Å². The number of nitrogens with zero attached hydrogens (tertiary/aromatic N) is 4. The van der Waals surface area contributed by atoms with Crippen molar-refractivity contribution in [1.82, 2.24) is 30.2 Å². The lowest BCUT2D eigenvalue weighted by Gasteiger charge is -2.01. The molecule has 21 heavy (non-hydrogen) atoms. The van der Waals surface area contributed by atoms with Gasteiger partial charge in [-0.1, -0.05) is 0 Å². The van der Waals surface area contributed by atoms with Crippen molar-refractivity contribution in [1.29, 1.82) is 0 Å². The van der Waals surface area contributed by atoms with Crippen LogP contribution in [-0.4, -0.2) is 37.4 Å². The zero-order chi connectivity index (χ0) is 14.5. The lowest BCUT2D eigenvalue weighted by Crippen LogP contribution is -2.26. The van der Waals surface area contributed by atoms with E-state index in [1.54, 1.807) is 18.6 Å². The second-order valence-electron chi connectivity index (χ2n) is 4.21. The number of rotatable bonds is 5. The van der Waals surface area contributed by atoms with Crippen molar-refractivity contribution in [2.45, 2.75) is 6.42 Å². The molecular weight excluding hydrogens is 288 g/mol. The van der Waals surface area contributed by atoms with Crippen LogP contribution >= 0.6 is 11.3 Å². The maximum absolute atomic E-state index is 11.7. The molecule has 8 heteroatoms. The van der Waals surface area contributed by atoms with Crippen molar-refractivity contribution in [3.8, 4) is 10.7 Å². The van der Waals surface area contributed by atoms with E-state index in [2.05, 4.69) is 30.2 Å². The van der Waals surface area contributed by atoms with Crippen molar-refractivity contribution in [2.75, 3.05) is 6.54 Å². The summed E-state index contributed by atoms with van der Waals surface area (Å²) in [6, 6.07) is 0. The van der Waals surface area contributed by atoms with E-state index >= 15 is 0 Å². The molecule has 0 aliphatic carbocycles. The van der Waals surface area contributed by atoms with Gasteiger partial charge in [0.2, 0.25) is 0 Å². The molecule has 0 fully saturated rings. The Hall–Kier alpha value is -2.61. The maximum atomic E-state index is 11.7. The van der Waals surface area contributed by atoms with E-state index < -0.39 is 0 Å². The van der Waals surface area contributed by atoms with Crippen LogP contribution in [0.25, 0.3) is 10.7 Å². The molecule has 1 amide bonds. The first-order chi connectivity index (χ1) is 10.3. The van der Waals surface area contributed by atoms with E-state index in [-0.39, 0.29) is 5.91 Å². The van der Waals surface area contributed by atoms with Gasteiger partial charge < -0.3 is 10.3 Å². The number of aromatic amines is 1. The minimum absolute atomic E-state index is 0.170. The number of carbonyl (C=O) groups is 1. The molecule has 3 heterocycles. The van der Waals surface area contributed by atoms with Gasteiger partial charge in [-0.2, -0.15) is 0 Å². The average molecular weight is 300 g/mol. The fourth-order valence-corrected chi connectivity index (χ4v) is 2.54. The minimum atomic E-state index is -0.170. The molecule has 0 bridgehead atoms. The summed E-state index contributed by atoms with van der Waals surface area (Å²) < 4.78 is 0. The van der Waals surface area contributed by atoms with Crippen LogP contribution in [0.4, 0.5) is 0 Å². The Morgan fingerprint density at radius 2 is 2.24 bits per heavy atom. The molecule has 106 valence electrons.